The summed E-state index contributed by atoms with van der Waals surface area (Å²) in [4.78, 5) is 46.4. The van der Waals surface area contributed by atoms with E-state index in [1.807, 2.05) is 0 Å². The molecule has 1 heterocycles. The third-order valence-corrected chi connectivity index (χ3v) is 3.15. The Morgan fingerprint density at radius 2 is 1.88 bits per heavy atom. The highest BCUT2D eigenvalue weighted by molar-refractivity contribution is 6.01. The summed E-state index contributed by atoms with van der Waals surface area (Å²) in [5, 5.41) is 11.4. The van der Waals surface area contributed by atoms with Crippen molar-refractivity contribution in [2.75, 3.05) is 12.4 Å². The molecule has 124 valence electrons. The minimum Gasteiger partial charge on any atom is -0.478 e. The van der Waals surface area contributed by atoms with E-state index in [1.165, 1.54) is 19.2 Å². The van der Waals surface area contributed by atoms with E-state index in [-0.39, 0.29) is 16.8 Å². The van der Waals surface area contributed by atoms with Gasteiger partial charge in [-0.2, -0.15) is 0 Å². The molecular formula is C16H14N2O6. The maximum absolute atomic E-state index is 12.1. The van der Waals surface area contributed by atoms with Crippen molar-refractivity contribution in [2.45, 2.75) is 6.54 Å². The molecule has 0 aliphatic rings. The van der Waals surface area contributed by atoms with Gasteiger partial charge in [-0.05, 0) is 18.2 Å². The van der Waals surface area contributed by atoms with Gasteiger partial charge >= 0.3 is 11.9 Å². The van der Waals surface area contributed by atoms with Gasteiger partial charge in [-0.25, -0.2) is 9.59 Å². The third kappa shape index (κ3) is 3.86. The fraction of sp³-hybridized carbons (Fsp3) is 0.125. The summed E-state index contributed by atoms with van der Waals surface area (Å²) >= 11 is 0. The number of amides is 1. The Balaban J connectivity index is 2.21. The molecule has 2 rings (SSSR count). The van der Waals surface area contributed by atoms with E-state index in [2.05, 4.69) is 10.1 Å². The highest BCUT2D eigenvalue weighted by atomic mass is 16.5. The third-order valence-electron chi connectivity index (χ3n) is 3.15. The Morgan fingerprint density at radius 1 is 1.17 bits per heavy atom. The van der Waals surface area contributed by atoms with Gasteiger partial charge in [-0.1, -0.05) is 12.1 Å². The summed E-state index contributed by atoms with van der Waals surface area (Å²) < 4.78 is 5.60. The first-order valence-electron chi connectivity index (χ1n) is 6.83. The topological polar surface area (TPSA) is 115 Å². The van der Waals surface area contributed by atoms with Gasteiger partial charge in [0.05, 0.1) is 23.9 Å². The zero-order valence-corrected chi connectivity index (χ0v) is 12.7. The summed E-state index contributed by atoms with van der Waals surface area (Å²) in [5.41, 5.74) is -0.231. The quantitative estimate of drug-likeness (QED) is 0.790. The second kappa shape index (κ2) is 7.23. The number of hydrogen-bond acceptors (Lipinski definition) is 5. The highest BCUT2D eigenvalue weighted by Crippen LogP contribution is 2.16. The number of nitrogens with zero attached hydrogens (tertiary/aromatic N) is 1. The Morgan fingerprint density at radius 3 is 2.54 bits per heavy atom. The minimum absolute atomic E-state index is 0.114. The number of ether oxygens (including phenoxy) is 1. The smallest absolute Gasteiger partial charge is 0.339 e. The Labute approximate surface area is 136 Å². The van der Waals surface area contributed by atoms with Crippen LogP contribution >= 0.6 is 0 Å². The summed E-state index contributed by atoms with van der Waals surface area (Å²) in [7, 11) is 1.22. The molecule has 0 saturated carbocycles. The van der Waals surface area contributed by atoms with Crippen molar-refractivity contribution in [3.05, 3.63) is 64.1 Å². The lowest BCUT2D eigenvalue weighted by Crippen LogP contribution is -2.28. The Hall–Kier alpha value is -3.42. The molecule has 1 aromatic carbocycles. The predicted molar refractivity (Wildman–Crippen MR) is 84.1 cm³/mol. The van der Waals surface area contributed by atoms with Gasteiger partial charge in [0.25, 0.3) is 5.56 Å². The molecule has 0 atom stereocenters. The van der Waals surface area contributed by atoms with E-state index < -0.39 is 29.9 Å². The van der Waals surface area contributed by atoms with Crippen LogP contribution in [0.4, 0.5) is 5.69 Å². The second-order valence-corrected chi connectivity index (χ2v) is 4.77. The van der Waals surface area contributed by atoms with E-state index >= 15 is 0 Å². The van der Waals surface area contributed by atoms with Crippen LogP contribution < -0.4 is 10.9 Å². The van der Waals surface area contributed by atoms with Crippen LogP contribution in [0.15, 0.2) is 47.4 Å². The normalized spacial score (nSPS) is 10.0. The number of carboxylic acid groups (broad SMARTS) is 1. The van der Waals surface area contributed by atoms with Gasteiger partial charge in [0, 0.05) is 12.3 Å². The largest absolute Gasteiger partial charge is 0.478 e. The fourth-order valence-corrected chi connectivity index (χ4v) is 2.01. The summed E-state index contributed by atoms with van der Waals surface area (Å²) in [6.07, 6.45) is 1.08. The highest BCUT2D eigenvalue weighted by Gasteiger charge is 2.14. The van der Waals surface area contributed by atoms with Gasteiger partial charge in [0.1, 0.15) is 6.54 Å². The van der Waals surface area contributed by atoms with Gasteiger partial charge in [0.15, 0.2) is 0 Å². The van der Waals surface area contributed by atoms with E-state index in [1.54, 1.807) is 12.1 Å². The minimum atomic E-state index is -1.21. The number of nitrogens with one attached hydrogen (secondary N) is 1. The first kappa shape index (κ1) is 16.9. The average Bonchev–Trinajstić information content (AvgIpc) is 2.56. The molecule has 0 aliphatic carbocycles. The van der Waals surface area contributed by atoms with Crippen molar-refractivity contribution in [2.24, 2.45) is 0 Å². The number of para-hydroxylation sites is 1. The average molecular weight is 330 g/mol. The van der Waals surface area contributed by atoms with Crippen molar-refractivity contribution in [3.63, 3.8) is 0 Å². The molecule has 2 N–H and O–H groups in total. The van der Waals surface area contributed by atoms with Gasteiger partial charge in [-0.15, -0.1) is 0 Å². The molecule has 0 radical (unpaired) electrons. The molecule has 1 amide bonds. The molecule has 0 bridgehead atoms. The monoisotopic (exact) mass is 330 g/mol. The van der Waals surface area contributed by atoms with Crippen molar-refractivity contribution in [1.29, 1.82) is 0 Å². The lowest BCUT2D eigenvalue weighted by molar-refractivity contribution is -0.116. The number of benzene rings is 1. The zero-order chi connectivity index (χ0) is 17.7. The first-order chi connectivity index (χ1) is 11.4. The fourth-order valence-electron chi connectivity index (χ4n) is 2.01. The van der Waals surface area contributed by atoms with Crippen LogP contribution in [-0.4, -0.2) is 34.6 Å². The van der Waals surface area contributed by atoms with Crippen LogP contribution in [0.3, 0.4) is 0 Å². The number of esters is 1. The summed E-state index contributed by atoms with van der Waals surface area (Å²) in [5.74, 6) is -2.41. The predicted octanol–water partition coefficient (Wildman–Crippen LogP) is 0.972. The molecular weight excluding hydrogens is 316 g/mol. The second-order valence-electron chi connectivity index (χ2n) is 4.77. The first-order valence-corrected chi connectivity index (χ1v) is 6.83. The number of aromatic carboxylic acids is 1. The molecule has 0 fully saturated rings. The summed E-state index contributed by atoms with van der Waals surface area (Å²) in [6, 6.07) is 8.46. The molecule has 0 saturated heterocycles. The number of carbonyl (C=O) groups is 3. The van der Waals surface area contributed by atoms with E-state index in [0.29, 0.717) is 0 Å². The maximum Gasteiger partial charge on any atom is 0.339 e. The number of rotatable bonds is 5. The summed E-state index contributed by atoms with van der Waals surface area (Å²) in [6.45, 7) is -0.393. The van der Waals surface area contributed by atoms with Gasteiger partial charge in [0.2, 0.25) is 5.91 Å². The molecule has 8 nitrogen and oxygen atoms in total. The van der Waals surface area contributed by atoms with Crippen molar-refractivity contribution < 1.29 is 24.2 Å². The van der Waals surface area contributed by atoms with Crippen LogP contribution in [0.25, 0.3) is 0 Å². The van der Waals surface area contributed by atoms with Crippen LogP contribution in [0.5, 0.6) is 0 Å². The maximum atomic E-state index is 12.1. The SMILES string of the molecule is COC(=O)c1ccccc1NC(=O)Cn1cc(C(=O)O)ccc1=O. The van der Waals surface area contributed by atoms with Crippen LogP contribution in [0.1, 0.15) is 20.7 Å². The molecule has 0 unspecified atom stereocenters. The number of hydrogen-bond donors (Lipinski definition) is 2. The molecule has 0 spiro atoms. The van der Waals surface area contributed by atoms with Crippen LogP contribution in [0, 0.1) is 0 Å². The standard InChI is InChI=1S/C16H14N2O6/c1-24-16(23)11-4-2-3-5-12(11)17-13(19)9-18-8-10(15(21)22)6-7-14(18)20/h2-8H,9H2,1H3,(H,17,19)(H,21,22). The number of anilines is 1. The van der Waals surface area contributed by atoms with E-state index in [4.69, 9.17) is 5.11 Å². The van der Waals surface area contributed by atoms with E-state index in [0.717, 1.165) is 22.9 Å². The van der Waals surface area contributed by atoms with Crippen LogP contribution in [0.2, 0.25) is 0 Å². The van der Waals surface area contributed by atoms with Gasteiger partial charge in [-0.3, -0.25) is 9.59 Å². The number of carbonyl (C=O) groups excluding carboxylic acids is 2. The van der Waals surface area contributed by atoms with Gasteiger partial charge < -0.3 is 19.7 Å². The molecule has 8 heteroatoms. The molecule has 24 heavy (non-hydrogen) atoms. The molecule has 0 aliphatic heterocycles. The number of pyridine rings is 1. The lowest BCUT2D eigenvalue weighted by atomic mass is 10.2. The Kier molecular flexibility index (Phi) is 5.10. The van der Waals surface area contributed by atoms with Crippen molar-refractivity contribution in [1.82, 2.24) is 4.57 Å². The number of carboxylic acids is 1. The van der Waals surface area contributed by atoms with E-state index in [9.17, 15) is 19.2 Å². The lowest BCUT2D eigenvalue weighted by Gasteiger charge is -2.11. The van der Waals surface area contributed by atoms with Crippen molar-refractivity contribution in [3.8, 4) is 0 Å². The number of methoxy groups -OCH3 is 1. The van der Waals surface area contributed by atoms with Crippen molar-refractivity contribution >= 4 is 23.5 Å². The molecule has 2 aromatic rings. The zero-order valence-electron chi connectivity index (χ0n) is 12.7. The Bertz CT molecular complexity index is 856. The molecule has 1 aromatic heterocycles. The number of aromatic nitrogens is 1. The van der Waals surface area contributed by atoms with Crippen LogP contribution in [-0.2, 0) is 16.1 Å².